The van der Waals surface area contributed by atoms with Crippen LogP contribution in [0.15, 0.2) is 12.1 Å². The van der Waals surface area contributed by atoms with Crippen LogP contribution in [0.4, 0.5) is 0 Å². The van der Waals surface area contributed by atoms with E-state index in [1.165, 1.54) is 16.7 Å². The molecule has 0 saturated carbocycles. The summed E-state index contributed by atoms with van der Waals surface area (Å²) < 4.78 is 5.79. The summed E-state index contributed by atoms with van der Waals surface area (Å²) in [5.41, 5.74) is 3.74. The van der Waals surface area contributed by atoms with E-state index in [-0.39, 0.29) is 18.6 Å². The summed E-state index contributed by atoms with van der Waals surface area (Å²) in [6, 6.07) is 4.43. The molecule has 0 spiro atoms. The van der Waals surface area contributed by atoms with E-state index in [0.717, 1.165) is 18.8 Å². The zero-order chi connectivity index (χ0) is 15.3. The van der Waals surface area contributed by atoms with Gasteiger partial charge < -0.3 is 14.7 Å². The summed E-state index contributed by atoms with van der Waals surface area (Å²) in [4.78, 5) is 2.18. The Labute approximate surface area is 123 Å². The molecule has 2 atom stereocenters. The molecule has 0 radical (unpaired) electrons. The molecule has 0 aliphatic carbocycles. The summed E-state index contributed by atoms with van der Waals surface area (Å²) in [6.45, 7) is 9.39. The standard InChI is InChI=1S/C17H29NO2/c1-7-10-20-16-9-8-15(13(3)14(16)4)17(18(5)6)12(2)11-19/h8-9,12,17,19H,7,10-11H2,1-6H3. The first kappa shape index (κ1) is 17.0. The van der Waals surface area contributed by atoms with Crippen molar-refractivity contribution in [1.82, 2.24) is 4.90 Å². The van der Waals surface area contributed by atoms with Gasteiger partial charge in [-0.3, -0.25) is 0 Å². The number of aliphatic hydroxyl groups is 1. The predicted molar refractivity (Wildman–Crippen MR) is 84.4 cm³/mol. The molecule has 0 heterocycles. The van der Waals surface area contributed by atoms with Gasteiger partial charge in [0.1, 0.15) is 5.75 Å². The normalized spacial score (nSPS) is 14.4. The third-order valence-corrected chi connectivity index (χ3v) is 3.94. The zero-order valence-electron chi connectivity index (χ0n) is 13.7. The number of hydrogen-bond donors (Lipinski definition) is 1. The molecular weight excluding hydrogens is 250 g/mol. The van der Waals surface area contributed by atoms with Crippen LogP contribution in [0, 0.1) is 19.8 Å². The van der Waals surface area contributed by atoms with Crippen LogP contribution >= 0.6 is 0 Å². The van der Waals surface area contributed by atoms with Gasteiger partial charge in [-0.05, 0) is 63.0 Å². The maximum absolute atomic E-state index is 9.49. The third kappa shape index (κ3) is 3.74. The fourth-order valence-corrected chi connectivity index (χ4v) is 2.70. The van der Waals surface area contributed by atoms with Gasteiger partial charge in [0.25, 0.3) is 0 Å². The Hall–Kier alpha value is -1.06. The van der Waals surface area contributed by atoms with Crippen molar-refractivity contribution in [2.45, 2.75) is 40.2 Å². The van der Waals surface area contributed by atoms with Crippen molar-refractivity contribution < 1.29 is 9.84 Å². The SMILES string of the molecule is CCCOc1ccc(C(C(C)CO)N(C)C)c(C)c1C. The van der Waals surface area contributed by atoms with E-state index in [0.29, 0.717) is 0 Å². The van der Waals surface area contributed by atoms with E-state index in [9.17, 15) is 5.11 Å². The molecule has 3 nitrogen and oxygen atoms in total. The minimum absolute atomic E-state index is 0.190. The van der Waals surface area contributed by atoms with Crippen LogP contribution in [0.2, 0.25) is 0 Å². The van der Waals surface area contributed by atoms with Crippen LogP contribution in [0.3, 0.4) is 0 Å². The molecule has 0 aromatic heterocycles. The first-order chi connectivity index (χ1) is 9.43. The number of nitrogens with zero attached hydrogens (tertiary/aromatic N) is 1. The quantitative estimate of drug-likeness (QED) is 0.831. The molecule has 114 valence electrons. The van der Waals surface area contributed by atoms with E-state index in [4.69, 9.17) is 4.74 Å². The summed E-state index contributed by atoms with van der Waals surface area (Å²) in [6.07, 6.45) is 1.02. The molecule has 0 bridgehead atoms. The maximum atomic E-state index is 9.49. The predicted octanol–water partition coefficient (Wildman–Crippen LogP) is 3.32. The first-order valence-corrected chi connectivity index (χ1v) is 7.44. The first-order valence-electron chi connectivity index (χ1n) is 7.44. The fourth-order valence-electron chi connectivity index (χ4n) is 2.70. The Kier molecular flexibility index (Phi) is 6.50. The van der Waals surface area contributed by atoms with Crippen LogP contribution in [0.25, 0.3) is 0 Å². The highest BCUT2D eigenvalue weighted by Crippen LogP contribution is 2.33. The minimum Gasteiger partial charge on any atom is -0.493 e. The van der Waals surface area contributed by atoms with Gasteiger partial charge in [-0.25, -0.2) is 0 Å². The second-order valence-corrected chi connectivity index (χ2v) is 5.82. The summed E-state index contributed by atoms with van der Waals surface area (Å²) >= 11 is 0. The number of hydrogen-bond acceptors (Lipinski definition) is 3. The molecule has 0 amide bonds. The number of ether oxygens (including phenoxy) is 1. The van der Waals surface area contributed by atoms with Crippen molar-refractivity contribution in [2.75, 3.05) is 27.3 Å². The van der Waals surface area contributed by atoms with Crippen molar-refractivity contribution in [3.05, 3.63) is 28.8 Å². The van der Waals surface area contributed by atoms with Crippen molar-refractivity contribution >= 4 is 0 Å². The molecule has 0 aliphatic heterocycles. The molecule has 0 fully saturated rings. The second kappa shape index (κ2) is 7.65. The molecule has 0 aliphatic rings. The minimum atomic E-state index is 0.190. The van der Waals surface area contributed by atoms with Crippen molar-refractivity contribution in [1.29, 1.82) is 0 Å². The monoisotopic (exact) mass is 279 g/mol. The topological polar surface area (TPSA) is 32.7 Å². The molecule has 20 heavy (non-hydrogen) atoms. The molecule has 2 unspecified atom stereocenters. The molecule has 3 heteroatoms. The van der Waals surface area contributed by atoms with Gasteiger partial charge in [-0.1, -0.05) is 19.9 Å². The van der Waals surface area contributed by atoms with Crippen LogP contribution in [-0.4, -0.2) is 37.3 Å². The molecule has 0 saturated heterocycles. The van der Waals surface area contributed by atoms with Crippen LogP contribution in [0.5, 0.6) is 5.75 Å². The molecule has 1 N–H and O–H groups in total. The van der Waals surface area contributed by atoms with E-state index < -0.39 is 0 Å². The molecule has 1 rings (SSSR count). The van der Waals surface area contributed by atoms with Crippen LogP contribution in [0.1, 0.15) is 43.0 Å². The van der Waals surface area contributed by atoms with Gasteiger partial charge >= 0.3 is 0 Å². The molecular formula is C17H29NO2. The highest BCUT2D eigenvalue weighted by molar-refractivity contribution is 5.45. The summed E-state index contributed by atoms with van der Waals surface area (Å²) in [5, 5.41) is 9.49. The molecule has 1 aromatic carbocycles. The van der Waals surface area contributed by atoms with E-state index in [1.54, 1.807) is 0 Å². The van der Waals surface area contributed by atoms with Crippen molar-refractivity contribution in [2.24, 2.45) is 5.92 Å². The largest absolute Gasteiger partial charge is 0.493 e. The van der Waals surface area contributed by atoms with Gasteiger partial charge in [0.05, 0.1) is 6.61 Å². The van der Waals surface area contributed by atoms with Crippen molar-refractivity contribution in [3.63, 3.8) is 0 Å². The Balaban J connectivity index is 3.15. The van der Waals surface area contributed by atoms with Crippen LogP contribution in [-0.2, 0) is 0 Å². The van der Waals surface area contributed by atoms with E-state index >= 15 is 0 Å². The Morgan fingerprint density at radius 2 is 1.85 bits per heavy atom. The second-order valence-electron chi connectivity index (χ2n) is 5.82. The lowest BCUT2D eigenvalue weighted by atomic mass is 9.89. The van der Waals surface area contributed by atoms with E-state index in [2.05, 4.69) is 58.8 Å². The van der Waals surface area contributed by atoms with Gasteiger partial charge in [0.15, 0.2) is 0 Å². The Morgan fingerprint density at radius 3 is 2.35 bits per heavy atom. The Bertz CT molecular complexity index is 429. The van der Waals surface area contributed by atoms with Crippen LogP contribution < -0.4 is 4.74 Å². The smallest absolute Gasteiger partial charge is 0.122 e. The number of benzene rings is 1. The highest BCUT2D eigenvalue weighted by Gasteiger charge is 2.23. The lowest BCUT2D eigenvalue weighted by Crippen LogP contribution is -2.28. The number of rotatable bonds is 7. The van der Waals surface area contributed by atoms with E-state index in [1.807, 2.05) is 0 Å². The lowest BCUT2D eigenvalue weighted by Gasteiger charge is -2.31. The average Bonchev–Trinajstić information content (AvgIpc) is 2.42. The summed E-state index contributed by atoms with van der Waals surface area (Å²) in [7, 11) is 4.13. The maximum Gasteiger partial charge on any atom is 0.122 e. The van der Waals surface area contributed by atoms with Crippen molar-refractivity contribution in [3.8, 4) is 5.75 Å². The fraction of sp³-hybridized carbons (Fsp3) is 0.647. The summed E-state index contributed by atoms with van der Waals surface area (Å²) in [5.74, 6) is 1.17. The number of aliphatic hydroxyl groups excluding tert-OH is 1. The van der Waals surface area contributed by atoms with Gasteiger partial charge in [-0.15, -0.1) is 0 Å². The van der Waals surface area contributed by atoms with Gasteiger partial charge in [-0.2, -0.15) is 0 Å². The lowest BCUT2D eigenvalue weighted by molar-refractivity contribution is 0.145. The average molecular weight is 279 g/mol. The van der Waals surface area contributed by atoms with Gasteiger partial charge in [0.2, 0.25) is 0 Å². The Morgan fingerprint density at radius 1 is 1.20 bits per heavy atom. The van der Waals surface area contributed by atoms with Gasteiger partial charge in [0, 0.05) is 12.6 Å². The molecule has 1 aromatic rings. The highest BCUT2D eigenvalue weighted by atomic mass is 16.5. The third-order valence-electron chi connectivity index (χ3n) is 3.94. The zero-order valence-corrected chi connectivity index (χ0v) is 13.7.